The summed E-state index contributed by atoms with van der Waals surface area (Å²) < 4.78 is 3.09. The molecule has 1 aliphatic rings. The van der Waals surface area contributed by atoms with Crippen LogP contribution in [0.1, 0.15) is 12.6 Å². The molecule has 1 saturated heterocycles. The summed E-state index contributed by atoms with van der Waals surface area (Å²) in [7, 11) is 1.56. The highest BCUT2D eigenvalue weighted by molar-refractivity contribution is 5.82. The van der Waals surface area contributed by atoms with Gasteiger partial charge in [0.2, 0.25) is 5.95 Å². The maximum Gasteiger partial charge on any atom is 0.292 e. The molecule has 0 aliphatic carbocycles. The summed E-state index contributed by atoms with van der Waals surface area (Å²) in [5.41, 5.74) is 0.825. The molecule has 0 bridgehead atoms. The van der Waals surface area contributed by atoms with Crippen LogP contribution in [0.3, 0.4) is 0 Å². The highest BCUT2D eigenvalue weighted by Gasteiger charge is 2.23. The number of fused-ring (bicyclic) bond motifs is 1. The number of aryl methyl sites for hydroxylation is 2. The lowest BCUT2D eigenvalue weighted by molar-refractivity contribution is 0.569. The molecule has 110 valence electrons. The number of anilines is 1. The summed E-state index contributed by atoms with van der Waals surface area (Å²) in [4.78, 5) is 19.1. The lowest BCUT2D eigenvalue weighted by Gasteiger charge is -2.28. The summed E-state index contributed by atoms with van der Waals surface area (Å²) in [6.45, 7) is 6.03. The fourth-order valence-electron chi connectivity index (χ4n) is 2.70. The standard InChI is InChI=1S/C13H17N7O/c1-3-20-11-10(9(8-14)17-18(2)12(11)21)16-13(20)19-6-4-15-5-7-19/h15H,3-7H2,1-2H3. The Kier molecular flexibility index (Phi) is 3.35. The molecule has 0 spiro atoms. The molecular formula is C13H17N7O. The average Bonchev–Trinajstić information content (AvgIpc) is 2.91. The number of imidazole rings is 1. The molecule has 0 unspecified atom stereocenters. The molecule has 0 amide bonds. The SMILES string of the molecule is CCn1c(N2CCNCC2)nc2c(C#N)nn(C)c(=O)c21. The molecule has 0 saturated carbocycles. The molecule has 3 rings (SSSR count). The largest absolute Gasteiger partial charge is 0.340 e. The summed E-state index contributed by atoms with van der Waals surface area (Å²) >= 11 is 0. The fourth-order valence-corrected chi connectivity index (χ4v) is 2.70. The Hall–Kier alpha value is -2.40. The Bertz CT molecular complexity index is 776. The van der Waals surface area contributed by atoms with Gasteiger partial charge < -0.3 is 14.8 Å². The summed E-state index contributed by atoms with van der Waals surface area (Å²) in [5, 5.41) is 16.5. The van der Waals surface area contributed by atoms with Crippen molar-refractivity contribution in [3.8, 4) is 6.07 Å². The highest BCUT2D eigenvalue weighted by Crippen LogP contribution is 2.22. The first-order valence-electron chi connectivity index (χ1n) is 7.00. The van der Waals surface area contributed by atoms with Crippen molar-refractivity contribution in [3.05, 3.63) is 16.0 Å². The quantitative estimate of drug-likeness (QED) is 0.795. The van der Waals surface area contributed by atoms with E-state index in [-0.39, 0.29) is 11.3 Å². The monoisotopic (exact) mass is 287 g/mol. The maximum atomic E-state index is 12.4. The number of aromatic nitrogens is 4. The second kappa shape index (κ2) is 5.18. The predicted molar refractivity (Wildman–Crippen MR) is 78.2 cm³/mol. The number of nitriles is 1. The minimum absolute atomic E-state index is 0.190. The number of hydrogen-bond acceptors (Lipinski definition) is 6. The van der Waals surface area contributed by atoms with Crippen molar-refractivity contribution in [2.75, 3.05) is 31.1 Å². The van der Waals surface area contributed by atoms with Gasteiger partial charge in [0.15, 0.2) is 5.69 Å². The van der Waals surface area contributed by atoms with Crippen LogP contribution in [0.15, 0.2) is 4.79 Å². The van der Waals surface area contributed by atoms with Gasteiger partial charge in [0, 0.05) is 39.8 Å². The first kappa shape index (κ1) is 13.6. The molecule has 0 radical (unpaired) electrons. The van der Waals surface area contributed by atoms with Crippen molar-refractivity contribution in [1.82, 2.24) is 24.6 Å². The summed E-state index contributed by atoms with van der Waals surface area (Å²) in [5.74, 6) is 0.746. The van der Waals surface area contributed by atoms with Gasteiger partial charge in [-0.05, 0) is 6.92 Å². The molecule has 3 heterocycles. The van der Waals surface area contributed by atoms with E-state index in [1.165, 1.54) is 4.68 Å². The van der Waals surface area contributed by atoms with E-state index in [1.807, 2.05) is 17.6 Å². The number of nitrogens with one attached hydrogen (secondary N) is 1. The number of hydrogen-bond donors (Lipinski definition) is 1. The van der Waals surface area contributed by atoms with E-state index in [4.69, 9.17) is 0 Å². The topological polar surface area (TPSA) is 91.8 Å². The van der Waals surface area contributed by atoms with E-state index in [0.29, 0.717) is 17.6 Å². The van der Waals surface area contributed by atoms with Gasteiger partial charge in [0.1, 0.15) is 17.1 Å². The first-order valence-corrected chi connectivity index (χ1v) is 7.00. The number of piperazine rings is 1. The Balaban J connectivity index is 2.29. The van der Waals surface area contributed by atoms with Crippen LogP contribution in [0.2, 0.25) is 0 Å². The fraction of sp³-hybridized carbons (Fsp3) is 0.538. The molecule has 1 N–H and O–H groups in total. The van der Waals surface area contributed by atoms with Gasteiger partial charge in [-0.3, -0.25) is 4.79 Å². The molecule has 21 heavy (non-hydrogen) atoms. The summed E-state index contributed by atoms with van der Waals surface area (Å²) in [6, 6.07) is 2.03. The highest BCUT2D eigenvalue weighted by atomic mass is 16.1. The lowest BCUT2D eigenvalue weighted by atomic mass is 10.3. The van der Waals surface area contributed by atoms with Crippen molar-refractivity contribution in [2.45, 2.75) is 13.5 Å². The van der Waals surface area contributed by atoms with Gasteiger partial charge in [-0.2, -0.15) is 10.4 Å². The molecule has 2 aromatic rings. The zero-order valence-electron chi connectivity index (χ0n) is 12.1. The molecule has 1 aliphatic heterocycles. The van der Waals surface area contributed by atoms with E-state index < -0.39 is 0 Å². The van der Waals surface area contributed by atoms with Gasteiger partial charge in [-0.1, -0.05) is 0 Å². The molecule has 0 atom stereocenters. The third-order valence-corrected chi connectivity index (χ3v) is 3.74. The smallest absolute Gasteiger partial charge is 0.292 e. The van der Waals surface area contributed by atoms with Crippen LogP contribution >= 0.6 is 0 Å². The van der Waals surface area contributed by atoms with Crippen LogP contribution in [0.5, 0.6) is 0 Å². The Labute approximate surface area is 121 Å². The third kappa shape index (κ3) is 2.06. The van der Waals surface area contributed by atoms with Crippen molar-refractivity contribution in [2.24, 2.45) is 7.05 Å². The van der Waals surface area contributed by atoms with Crippen LogP contribution in [0.25, 0.3) is 11.0 Å². The van der Waals surface area contributed by atoms with Gasteiger partial charge in [-0.15, -0.1) is 0 Å². The van der Waals surface area contributed by atoms with Crippen LogP contribution in [-0.2, 0) is 13.6 Å². The molecule has 1 fully saturated rings. The van der Waals surface area contributed by atoms with Crippen LogP contribution in [-0.4, -0.2) is 45.5 Å². The first-order chi connectivity index (χ1) is 10.2. The van der Waals surface area contributed by atoms with Crippen molar-refractivity contribution >= 4 is 17.0 Å². The molecule has 2 aromatic heterocycles. The molecule has 8 heteroatoms. The minimum Gasteiger partial charge on any atom is -0.340 e. The van der Waals surface area contributed by atoms with E-state index in [9.17, 15) is 10.1 Å². The maximum absolute atomic E-state index is 12.4. The van der Waals surface area contributed by atoms with Crippen LogP contribution in [0.4, 0.5) is 5.95 Å². The zero-order chi connectivity index (χ0) is 15.0. The second-order valence-electron chi connectivity index (χ2n) is 4.98. The van der Waals surface area contributed by atoms with E-state index >= 15 is 0 Å². The number of nitrogens with zero attached hydrogens (tertiary/aromatic N) is 6. The van der Waals surface area contributed by atoms with Crippen molar-refractivity contribution in [1.29, 1.82) is 5.26 Å². The Morgan fingerprint density at radius 3 is 2.71 bits per heavy atom. The zero-order valence-corrected chi connectivity index (χ0v) is 12.1. The molecular weight excluding hydrogens is 270 g/mol. The summed E-state index contributed by atoms with van der Waals surface area (Å²) in [6.07, 6.45) is 0. The number of rotatable bonds is 2. The van der Waals surface area contributed by atoms with E-state index in [2.05, 4.69) is 20.3 Å². The minimum atomic E-state index is -0.222. The van der Waals surface area contributed by atoms with Gasteiger partial charge >= 0.3 is 0 Å². The van der Waals surface area contributed by atoms with E-state index in [1.54, 1.807) is 7.05 Å². The predicted octanol–water partition coefficient (Wildman–Crippen LogP) is -0.569. The molecule has 0 aromatic carbocycles. The third-order valence-electron chi connectivity index (χ3n) is 3.74. The van der Waals surface area contributed by atoms with Gasteiger partial charge in [0.05, 0.1) is 0 Å². The lowest BCUT2D eigenvalue weighted by Crippen LogP contribution is -2.44. The Morgan fingerprint density at radius 2 is 2.10 bits per heavy atom. The van der Waals surface area contributed by atoms with Gasteiger partial charge in [0.25, 0.3) is 5.56 Å². The van der Waals surface area contributed by atoms with E-state index in [0.717, 1.165) is 32.1 Å². The van der Waals surface area contributed by atoms with Crippen LogP contribution < -0.4 is 15.8 Å². The van der Waals surface area contributed by atoms with Gasteiger partial charge in [-0.25, -0.2) is 9.67 Å². The van der Waals surface area contributed by atoms with Crippen LogP contribution in [0, 0.1) is 11.3 Å². The Morgan fingerprint density at radius 1 is 1.38 bits per heavy atom. The van der Waals surface area contributed by atoms with Crippen molar-refractivity contribution < 1.29 is 0 Å². The average molecular weight is 287 g/mol. The van der Waals surface area contributed by atoms with Crippen molar-refractivity contribution in [3.63, 3.8) is 0 Å². The molecule has 8 nitrogen and oxygen atoms in total. The second-order valence-corrected chi connectivity index (χ2v) is 4.98. The normalized spacial score (nSPS) is 15.4.